The predicted octanol–water partition coefficient (Wildman–Crippen LogP) is 1.10. The number of methoxy groups -OCH3 is 1. The summed E-state index contributed by atoms with van der Waals surface area (Å²) in [6.07, 6.45) is 3.15. The Morgan fingerprint density at radius 3 is 2.78 bits per heavy atom. The summed E-state index contributed by atoms with van der Waals surface area (Å²) in [5, 5.41) is 0.587. The molecule has 8 heteroatoms. The molecule has 1 heterocycles. The highest BCUT2D eigenvalue weighted by Gasteiger charge is 2.20. The van der Waals surface area contributed by atoms with Crippen LogP contribution in [0.4, 0.5) is 0 Å². The molecule has 0 spiro atoms. The number of ether oxygens (including phenoxy) is 1. The van der Waals surface area contributed by atoms with Gasteiger partial charge in [-0.3, -0.25) is 9.59 Å². The third-order valence-electron chi connectivity index (χ3n) is 2.05. The second-order valence-corrected chi connectivity index (χ2v) is 4.47. The van der Waals surface area contributed by atoms with E-state index in [9.17, 15) is 9.59 Å². The van der Waals surface area contributed by atoms with Gasteiger partial charge in [0.1, 0.15) is 6.54 Å². The summed E-state index contributed by atoms with van der Waals surface area (Å²) in [4.78, 5) is 32.2. The lowest BCUT2D eigenvalue weighted by Gasteiger charge is -2.15. The summed E-state index contributed by atoms with van der Waals surface area (Å²) in [5.41, 5.74) is 0.0717. The zero-order valence-electron chi connectivity index (χ0n) is 10.1. The van der Waals surface area contributed by atoms with Crippen molar-refractivity contribution in [2.24, 2.45) is 0 Å². The van der Waals surface area contributed by atoms with E-state index in [1.54, 1.807) is 6.26 Å². The van der Waals surface area contributed by atoms with Crippen LogP contribution < -0.4 is 0 Å². The van der Waals surface area contributed by atoms with Crippen molar-refractivity contribution in [1.82, 2.24) is 14.9 Å². The molecule has 0 atom stereocenters. The van der Waals surface area contributed by atoms with Gasteiger partial charge in [0.25, 0.3) is 5.91 Å². The number of esters is 1. The Morgan fingerprint density at radius 1 is 1.56 bits per heavy atom. The van der Waals surface area contributed by atoms with E-state index >= 15 is 0 Å². The molecule has 0 bridgehead atoms. The third-order valence-corrected chi connectivity index (χ3v) is 2.89. The van der Waals surface area contributed by atoms with Gasteiger partial charge in [0.2, 0.25) is 0 Å². The Bertz CT molecular complexity index is 470. The van der Waals surface area contributed by atoms with Crippen molar-refractivity contribution in [1.29, 1.82) is 0 Å². The number of carbonyl (C=O) groups excluding carboxylic acids is 2. The van der Waals surface area contributed by atoms with E-state index in [0.29, 0.717) is 5.16 Å². The summed E-state index contributed by atoms with van der Waals surface area (Å²) < 4.78 is 4.48. The van der Waals surface area contributed by atoms with Crippen LogP contribution in [0.1, 0.15) is 10.5 Å². The van der Waals surface area contributed by atoms with Gasteiger partial charge in [-0.2, -0.15) is 0 Å². The Morgan fingerprint density at radius 2 is 2.22 bits per heavy atom. The van der Waals surface area contributed by atoms with Crippen LogP contribution in [0.25, 0.3) is 0 Å². The van der Waals surface area contributed by atoms with Crippen LogP contribution in [0.2, 0.25) is 5.02 Å². The third kappa shape index (κ3) is 3.58. The Hall–Kier alpha value is -1.34. The van der Waals surface area contributed by atoms with Crippen molar-refractivity contribution in [3.63, 3.8) is 0 Å². The van der Waals surface area contributed by atoms with E-state index in [-0.39, 0.29) is 17.3 Å². The molecule has 0 aromatic carbocycles. The molecular formula is C10H12ClN3O3S. The van der Waals surface area contributed by atoms with Crippen LogP contribution in [-0.4, -0.2) is 53.7 Å². The molecule has 0 fully saturated rings. The number of hydrogen-bond acceptors (Lipinski definition) is 6. The number of carbonyl (C=O) groups is 2. The van der Waals surface area contributed by atoms with Crippen molar-refractivity contribution in [3.8, 4) is 0 Å². The fourth-order valence-electron chi connectivity index (χ4n) is 1.11. The molecule has 1 aromatic heterocycles. The van der Waals surface area contributed by atoms with Crippen molar-refractivity contribution in [2.45, 2.75) is 5.16 Å². The van der Waals surface area contributed by atoms with E-state index in [1.807, 2.05) is 0 Å². The van der Waals surface area contributed by atoms with Crippen LogP contribution in [0.5, 0.6) is 0 Å². The molecule has 0 saturated heterocycles. The van der Waals surface area contributed by atoms with E-state index in [1.165, 1.54) is 37.0 Å². The van der Waals surface area contributed by atoms with Gasteiger partial charge in [0, 0.05) is 7.05 Å². The van der Waals surface area contributed by atoms with E-state index in [2.05, 4.69) is 14.7 Å². The average Bonchev–Trinajstić information content (AvgIpc) is 2.38. The molecule has 0 radical (unpaired) electrons. The molecule has 1 rings (SSSR count). The smallest absolute Gasteiger partial charge is 0.325 e. The predicted molar refractivity (Wildman–Crippen MR) is 67.8 cm³/mol. The van der Waals surface area contributed by atoms with Crippen molar-refractivity contribution < 1.29 is 14.3 Å². The highest BCUT2D eigenvalue weighted by Crippen LogP contribution is 2.17. The maximum Gasteiger partial charge on any atom is 0.325 e. The number of aromatic nitrogens is 2. The number of likely N-dealkylation sites (N-methyl/N-ethyl adjacent to an activating group) is 1. The van der Waals surface area contributed by atoms with Gasteiger partial charge in [-0.25, -0.2) is 9.97 Å². The minimum Gasteiger partial charge on any atom is -0.468 e. The van der Waals surface area contributed by atoms with Gasteiger partial charge in [0.05, 0.1) is 18.3 Å². The van der Waals surface area contributed by atoms with Crippen LogP contribution >= 0.6 is 23.4 Å². The first-order valence-corrected chi connectivity index (χ1v) is 6.48. The molecule has 1 aromatic rings. The molecule has 0 aliphatic heterocycles. The zero-order chi connectivity index (χ0) is 13.7. The second kappa shape index (κ2) is 6.55. The Labute approximate surface area is 114 Å². The minimum absolute atomic E-state index is 0.0717. The standard InChI is InChI=1S/C10H12ClN3O3S/c1-14(5-7(15)17-2)9(16)8-6(11)4-12-10(13-8)18-3/h4H,5H2,1-3H3. The molecule has 1 amide bonds. The SMILES string of the molecule is COC(=O)CN(C)C(=O)c1nc(SC)ncc1Cl. The summed E-state index contributed by atoms with van der Waals surface area (Å²) >= 11 is 7.16. The van der Waals surface area contributed by atoms with Crippen LogP contribution in [0, 0.1) is 0 Å². The molecule has 18 heavy (non-hydrogen) atoms. The number of hydrogen-bond donors (Lipinski definition) is 0. The first kappa shape index (κ1) is 14.7. The molecule has 0 saturated carbocycles. The average molecular weight is 290 g/mol. The first-order valence-electron chi connectivity index (χ1n) is 4.88. The molecule has 0 aliphatic rings. The minimum atomic E-state index is -0.513. The lowest BCUT2D eigenvalue weighted by atomic mass is 10.3. The number of halogens is 1. The lowest BCUT2D eigenvalue weighted by molar-refractivity contribution is -0.141. The van der Waals surface area contributed by atoms with Crippen molar-refractivity contribution in [2.75, 3.05) is 27.0 Å². The highest BCUT2D eigenvalue weighted by molar-refractivity contribution is 7.98. The van der Waals surface area contributed by atoms with Crippen LogP contribution in [0.15, 0.2) is 11.4 Å². The van der Waals surface area contributed by atoms with Gasteiger partial charge in [-0.05, 0) is 6.26 Å². The molecule has 0 N–H and O–H groups in total. The number of amides is 1. The highest BCUT2D eigenvalue weighted by atomic mass is 35.5. The van der Waals surface area contributed by atoms with Gasteiger partial charge in [-0.1, -0.05) is 23.4 Å². The maximum atomic E-state index is 12.0. The number of nitrogens with zero attached hydrogens (tertiary/aromatic N) is 3. The first-order chi connectivity index (χ1) is 8.49. The van der Waals surface area contributed by atoms with Crippen LogP contribution in [0.3, 0.4) is 0 Å². The topological polar surface area (TPSA) is 72.4 Å². The van der Waals surface area contributed by atoms with E-state index < -0.39 is 11.9 Å². The van der Waals surface area contributed by atoms with Gasteiger partial charge >= 0.3 is 5.97 Å². The molecule has 0 unspecified atom stereocenters. The van der Waals surface area contributed by atoms with Crippen LogP contribution in [-0.2, 0) is 9.53 Å². The number of rotatable bonds is 4. The molecule has 0 aliphatic carbocycles. The quantitative estimate of drug-likeness (QED) is 0.469. The Kier molecular flexibility index (Phi) is 5.36. The van der Waals surface area contributed by atoms with Crippen molar-refractivity contribution in [3.05, 3.63) is 16.9 Å². The van der Waals surface area contributed by atoms with Crippen molar-refractivity contribution >= 4 is 35.2 Å². The fraction of sp³-hybridized carbons (Fsp3) is 0.400. The summed E-state index contributed by atoms with van der Waals surface area (Å²) in [5.74, 6) is -0.968. The lowest BCUT2D eigenvalue weighted by Crippen LogP contribution is -2.33. The zero-order valence-corrected chi connectivity index (χ0v) is 11.7. The normalized spacial score (nSPS) is 10.0. The number of thioether (sulfide) groups is 1. The van der Waals surface area contributed by atoms with E-state index in [4.69, 9.17) is 11.6 Å². The molecular weight excluding hydrogens is 278 g/mol. The molecule has 98 valence electrons. The van der Waals surface area contributed by atoms with Gasteiger partial charge < -0.3 is 9.64 Å². The van der Waals surface area contributed by atoms with Gasteiger partial charge in [-0.15, -0.1) is 0 Å². The monoisotopic (exact) mass is 289 g/mol. The summed E-state index contributed by atoms with van der Waals surface area (Å²) in [6.45, 7) is -0.162. The van der Waals surface area contributed by atoms with Gasteiger partial charge in [0.15, 0.2) is 10.9 Å². The summed E-state index contributed by atoms with van der Waals surface area (Å²) in [7, 11) is 2.72. The molecule has 6 nitrogen and oxygen atoms in total. The second-order valence-electron chi connectivity index (χ2n) is 3.29. The van der Waals surface area contributed by atoms with E-state index in [0.717, 1.165) is 0 Å². The Balaban J connectivity index is 2.92. The maximum absolute atomic E-state index is 12.0. The fourth-order valence-corrected chi connectivity index (χ4v) is 1.62. The summed E-state index contributed by atoms with van der Waals surface area (Å²) in [6, 6.07) is 0. The largest absolute Gasteiger partial charge is 0.468 e.